The number of aryl methyl sites for hydroxylation is 1. The predicted molar refractivity (Wildman–Crippen MR) is 75.1 cm³/mol. The first-order valence-corrected chi connectivity index (χ1v) is 6.69. The van der Waals surface area contributed by atoms with Crippen molar-refractivity contribution >= 4 is 5.96 Å². The number of furan rings is 1. The van der Waals surface area contributed by atoms with Crippen LogP contribution in [0.3, 0.4) is 0 Å². The SMILES string of the molecule is CN=C(NCC(C)(O)c1ccc(C)o1)NC1CC1C. The molecule has 3 atom stereocenters. The molecule has 0 aliphatic heterocycles. The van der Waals surface area contributed by atoms with Crippen LogP contribution in [0.5, 0.6) is 0 Å². The van der Waals surface area contributed by atoms with Crippen molar-refractivity contribution < 1.29 is 9.52 Å². The summed E-state index contributed by atoms with van der Waals surface area (Å²) >= 11 is 0. The molecule has 3 unspecified atom stereocenters. The molecule has 3 N–H and O–H groups in total. The van der Waals surface area contributed by atoms with Gasteiger partial charge < -0.3 is 20.2 Å². The summed E-state index contributed by atoms with van der Waals surface area (Å²) < 4.78 is 5.47. The van der Waals surface area contributed by atoms with Gasteiger partial charge in [-0.1, -0.05) is 6.92 Å². The Morgan fingerprint density at radius 3 is 2.74 bits per heavy atom. The first-order valence-electron chi connectivity index (χ1n) is 6.69. The summed E-state index contributed by atoms with van der Waals surface area (Å²) in [5.41, 5.74) is -1.05. The van der Waals surface area contributed by atoms with E-state index in [1.807, 2.05) is 13.0 Å². The van der Waals surface area contributed by atoms with E-state index < -0.39 is 5.60 Å². The molecular formula is C14H23N3O2. The third-order valence-corrected chi connectivity index (χ3v) is 3.53. The van der Waals surface area contributed by atoms with Gasteiger partial charge in [-0.05, 0) is 38.3 Å². The van der Waals surface area contributed by atoms with Gasteiger partial charge in [0.1, 0.15) is 17.1 Å². The van der Waals surface area contributed by atoms with E-state index in [4.69, 9.17) is 4.42 Å². The van der Waals surface area contributed by atoms with Crippen molar-refractivity contribution in [2.45, 2.75) is 38.8 Å². The fourth-order valence-corrected chi connectivity index (χ4v) is 1.96. The topological polar surface area (TPSA) is 69.8 Å². The Morgan fingerprint density at radius 2 is 2.26 bits per heavy atom. The van der Waals surface area contributed by atoms with Gasteiger partial charge in [0.2, 0.25) is 0 Å². The number of aliphatic imine (C=N–C) groups is 1. The smallest absolute Gasteiger partial charge is 0.191 e. The Morgan fingerprint density at radius 1 is 1.58 bits per heavy atom. The molecule has 0 aromatic carbocycles. The van der Waals surface area contributed by atoms with Crippen LogP contribution in [0.2, 0.25) is 0 Å². The zero-order chi connectivity index (χ0) is 14.0. The Kier molecular flexibility index (Phi) is 3.85. The van der Waals surface area contributed by atoms with E-state index in [0.29, 0.717) is 24.3 Å². The summed E-state index contributed by atoms with van der Waals surface area (Å²) in [6.45, 7) is 6.14. The summed E-state index contributed by atoms with van der Waals surface area (Å²) in [5.74, 6) is 2.78. The van der Waals surface area contributed by atoms with Crippen LogP contribution in [-0.4, -0.2) is 30.7 Å². The molecule has 1 aliphatic carbocycles. The zero-order valence-electron chi connectivity index (χ0n) is 12.0. The quantitative estimate of drug-likeness (QED) is 0.568. The van der Waals surface area contributed by atoms with Gasteiger partial charge in [-0.3, -0.25) is 4.99 Å². The van der Waals surface area contributed by atoms with Gasteiger partial charge in [0.25, 0.3) is 0 Å². The lowest BCUT2D eigenvalue weighted by Gasteiger charge is -2.22. The van der Waals surface area contributed by atoms with E-state index in [1.54, 1.807) is 20.0 Å². The van der Waals surface area contributed by atoms with Crippen LogP contribution >= 0.6 is 0 Å². The number of hydrogen-bond acceptors (Lipinski definition) is 3. The minimum Gasteiger partial charge on any atom is -0.463 e. The van der Waals surface area contributed by atoms with Crippen molar-refractivity contribution in [1.29, 1.82) is 0 Å². The van der Waals surface area contributed by atoms with E-state index in [2.05, 4.69) is 22.5 Å². The maximum absolute atomic E-state index is 10.4. The largest absolute Gasteiger partial charge is 0.463 e. The Hall–Kier alpha value is -1.49. The Balaban J connectivity index is 1.89. The van der Waals surface area contributed by atoms with Crippen LogP contribution in [-0.2, 0) is 5.60 Å². The molecule has 0 amide bonds. The number of aliphatic hydroxyl groups is 1. The summed E-state index contributed by atoms with van der Waals surface area (Å²) in [7, 11) is 1.73. The molecule has 2 rings (SSSR count). The van der Waals surface area contributed by atoms with Gasteiger partial charge in [0.15, 0.2) is 5.96 Å². The van der Waals surface area contributed by atoms with E-state index in [9.17, 15) is 5.11 Å². The summed E-state index contributed by atoms with van der Waals surface area (Å²) in [6.07, 6.45) is 1.18. The lowest BCUT2D eigenvalue weighted by atomic mass is 10.0. The monoisotopic (exact) mass is 265 g/mol. The van der Waals surface area contributed by atoms with Gasteiger partial charge in [-0.15, -0.1) is 0 Å². The average molecular weight is 265 g/mol. The van der Waals surface area contributed by atoms with Crippen molar-refractivity contribution in [3.05, 3.63) is 23.7 Å². The number of hydrogen-bond donors (Lipinski definition) is 3. The molecule has 1 fully saturated rings. The highest BCUT2D eigenvalue weighted by molar-refractivity contribution is 5.80. The molecule has 5 heteroatoms. The molecule has 1 saturated carbocycles. The molecule has 1 heterocycles. The minimum atomic E-state index is -1.05. The molecule has 5 nitrogen and oxygen atoms in total. The highest BCUT2D eigenvalue weighted by Crippen LogP contribution is 2.28. The van der Waals surface area contributed by atoms with Gasteiger partial charge >= 0.3 is 0 Å². The van der Waals surface area contributed by atoms with Gasteiger partial charge in [0, 0.05) is 13.1 Å². The molecule has 0 radical (unpaired) electrons. The highest BCUT2D eigenvalue weighted by Gasteiger charge is 2.34. The lowest BCUT2D eigenvalue weighted by molar-refractivity contribution is 0.0378. The van der Waals surface area contributed by atoms with E-state index in [0.717, 1.165) is 11.7 Å². The average Bonchev–Trinajstić information content (AvgIpc) is 2.85. The molecule has 19 heavy (non-hydrogen) atoms. The molecule has 0 saturated heterocycles. The number of nitrogens with one attached hydrogen (secondary N) is 2. The number of nitrogens with zero attached hydrogens (tertiary/aromatic N) is 1. The van der Waals surface area contributed by atoms with Crippen LogP contribution in [0, 0.1) is 12.8 Å². The van der Waals surface area contributed by atoms with Crippen molar-refractivity contribution in [2.75, 3.05) is 13.6 Å². The molecule has 0 spiro atoms. The van der Waals surface area contributed by atoms with E-state index in [1.165, 1.54) is 6.42 Å². The van der Waals surface area contributed by atoms with Gasteiger partial charge in [-0.2, -0.15) is 0 Å². The highest BCUT2D eigenvalue weighted by atomic mass is 16.4. The molecule has 1 aromatic rings. The van der Waals surface area contributed by atoms with Gasteiger partial charge in [-0.25, -0.2) is 0 Å². The van der Waals surface area contributed by atoms with Crippen molar-refractivity contribution in [3.8, 4) is 0 Å². The van der Waals surface area contributed by atoms with Gasteiger partial charge in [0.05, 0.1) is 6.54 Å². The minimum absolute atomic E-state index is 0.348. The molecule has 106 valence electrons. The first-order chi connectivity index (χ1) is 8.92. The number of guanidine groups is 1. The molecule has 1 aromatic heterocycles. The number of rotatable bonds is 4. The van der Waals surface area contributed by atoms with Crippen molar-refractivity contribution in [3.63, 3.8) is 0 Å². The predicted octanol–water partition coefficient (Wildman–Crippen LogP) is 1.37. The maximum atomic E-state index is 10.4. The van der Waals surface area contributed by atoms with Crippen LogP contribution < -0.4 is 10.6 Å². The molecular weight excluding hydrogens is 242 g/mol. The third-order valence-electron chi connectivity index (χ3n) is 3.53. The van der Waals surface area contributed by atoms with Crippen molar-refractivity contribution in [1.82, 2.24) is 10.6 Å². The second-order valence-electron chi connectivity index (χ2n) is 5.57. The summed E-state index contributed by atoms with van der Waals surface area (Å²) in [4.78, 5) is 4.16. The maximum Gasteiger partial charge on any atom is 0.191 e. The van der Waals surface area contributed by atoms with Crippen molar-refractivity contribution in [2.24, 2.45) is 10.9 Å². The van der Waals surface area contributed by atoms with E-state index >= 15 is 0 Å². The third kappa shape index (κ3) is 3.50. The molecule has 0 bridgehead atoms. The van der Waals surface area contributed by atoms with E-state index in [-0.39, 0.29) is 0 Å². The molecule has 1 aliphatic rings. The van der Waals surface area contributed by atoms with Crippen LogP contribution in [0.15, 0.2) is 21.5 Å². The Bertz CT molecular complexity index is 465. The fourth-order valence-electron chi connectivity index (χ4n) is 1.96. The summed E-state index contributed by atoms with van der Waals surface area (Å²) in [6, 6.07) is 4.15. The Labute approximate surface area is 114 Å². The lowest BCUT2D eigenvalue weighted by Crippen LogP contribution is -2.45. The summed E-state index contributed by atoms with van der Waals surface area (Å²) in [5, 5.41) is 16.9. The second kappa shape index (κ2) is 5.25. The fraction of sp³-hybridized carbons (Fsp3) is 0.643. The van der Waals surface area contributed by atoms with Crippen LogP contribution in [0.4, 0.5) is 0 Å². The standard InChI is InChI=1S/C14H23N3O2/c1-9-7-11(9)17-13(15-4)16-8-14(3,18)12-6-5-10(2)19-12/h5-6,9,11,18H,7-8H2,1-4H3,(H2,15,16,17). The zero-order valence-corrected chi connectivity index (χ0v) is 12.0. The first kappa shape index (κ1) is 13.9. The van der Waals surface area contributed by atoms with Crippen LogP contribution in [0.1, 0.15) is 31.8 Å². The van der Waals surface area contributed by atoms with Crippen LogP contribution in [0.25, 0.3) is 0 Å². The normalized spacial score (nSPS) is 25.8. The second-order valence-corrected chi connectivity index (χ2v) is 5.57.